The van der Waals surface area contributed by atoms with Crippen LogP contribution in [0.15, 0.2) is 23.7 Å². The molecule has 1 amide bonds. The first-order valence-electron chi connectivity index (χ1n) is 7.38. The van der Waals surface area contributed by atoms with E-state index < -0.39 is 5.91 Å². The lowest BCUT2D eigenvalue weighted by Gasteiger charge is -2.20. The van der Waals surface area contributed by atoms with E-state index in [9.17, 15) is 4.79 Å². The van der Waals surface area contributed by atoms with Crippen LogP contribution < -0.4 is 22.1 Å². The number of aromatic nitrogens is 4. The van der Waals surface area contributed by atoms with Gasteiger partial charge in [0, 0.05) is 31.0 Å². The zero-order valence-corrected chi connectivity index (χ0v) is 14.1. The Morgan fingerprint density at radius 2 is 1.76 bits per heavy atom. The number of halogens is 1. The molecule has 2 aromatic rings. The molecule has 2 aromatic heterocycles. The van der Waals surface area contributed by atoms with Crippen LogP contribution >= 0.6 is 12.4 Å². The average molecular weight is 364 g/mol. The van der Waals surface area contributed by atoms with E-state index in [4.69, 9.17) is 17.2 Å². The van der Waals surface area contributed by atoms with Crippen molar-refractivity contribution in [2.45, 2.75) is 12.8 Å². The molecular formula is C14H18ClN9O. The molecule has 0 unspecified atom stereocenters. The number of nitrogens with zero attached hydrogens (tertiary/aromatic N) is 6. The van der Waals surface area contributed by atoms with Crippen LogP contribution in [0.1, 0.15) is 23.3 Å². The Hall–Kier alpha value is -3.01. The summed E-state index contributed by atoms with van der Waals surface area (Å²) in [6.45, 7) is 1.69. The molecular weight excluding hydrogens is 346 g/mol. The largest absolute Gasteiger partial charge is 0.382 e. The van der Waals surface area contributed by atoms with Crippen molar-refractivity contribution < 1.29 is 4.79 Å². The maximum absolute atomic E-state index is 12.1. The predicted octanol–water partition coefficient (Wildman–Crippen LogP) is -0.0486. The zero-order chi connectivity index (χ0) is 17.1. The van der Waals surface area contributed by atoms with Crippen molar-refractivity contribution in [3.8, 4) is 11.3 Å². The van der Waals surface area contributed by atoms with Gasteiger partial charge >= 0.3 is 5.91 Å². The quantitative estimate of drug-likeness (QED) is 0.501. The minimum Gasteiger partial charge on any atom is -0.382 e. The summed E-state index contributed by atoms with van der Waals surface area (Å²) in [5.74, 6) is -0.533. The lowest BCUT2D eigenvalue weighted by molar-refractivity contribution is 0.0998. The molecule has 6 N–H and O–H groups in total. The van der Waals surface area contributed by atoms with Crippen molar-refractivity contribution in [3.05, 3.63) is 24.4 Å². The molecule has 1 saturated heterocycles. The van der Waals surface area contributed by atoms with Crippen LogP contribution in [0.2, 0.25) is 0 Å². The van der Waals surface area contributed by atoms with E-state index in [0.29, 0.717) is 17.1 Å². The minimum atomic E-state index is -0.744. The number of guanidine groups is 1. The highest BCUT2D eigenvalue weighted by Gasteiger charge is 2.24. The molecule has 10 nitrogen and oxygen atoms in total. The van der Waals surface area contributed by atoms with Gasteiger partial charge in [0.1, 0.15) is 12.0 Å². The first kappa shape index (κ1) is 18.3. The third-order valence-corrected chi connectivity index (χ3v) is 3.58. The molecule has 0 radical (unpaired) electrons. The van der Waals surface area contributed by atoms with Gasteiger partial charge in [0.25, 0.3) is 0 Å². The topological polar surface area (TPSA) is 162 Å². The van der Waals surface area contributed by atoms with Gasteiger partial charge in [-0.1, -0.05) is 0 Å². The molecule has 3 heterocycles. The standard InChI is InChI=1S/C14H17N9O.ClH/c15-11-10(13(24)22-14(16)17)20-9(8-5-18-7-19-6-8)12(21-11)23-3-1-2-4-23;/h5-7H,1-4H2,(H2,15,21)(H4,16,17,22,24);1H. The van der Waals surface area contributed by atoms with Gasteiger partial charge in [-0.15, -0.1) is 12.4 Å². The molecule has 0 saturated carbocycles. The van der Waals surface area contributed by atoms with Crippen LogP contribution in [-0.4, -0.2) is 44.9 Å². The Labute approximate surface area is 150 Å². The third-order valence-electron chi connectivity index (χ3n) is 3.58. The van der Waals surface area contributed by atoms with E-state index in [-0.39, 0.29) is 29.9 Å². The molecule has 1 aliphatic rings. The third kappa shape index (κ3) is 3.91. The van der Waals surface area contributed by atoms with Crippen LogP contribution in [0.4, 0.5) is 11.6 Å². The van der Waals surface area contributed by atoms with Crippen LogP contribution in [0, 0.1) is 0 Å². The Bertz CT molecular complexity index is 786. The van der Waals surface area contributed by atoms with E-state index in [1.165, 1.54) is 6.33 Å². The SMILES string of the molecule is Cl.NC(N)=NC(=O)c1nc(-c2cncnc2)c(N2CCCC2)nc1N. The lowest BCUT2D eigenvalue weighted by atomic mass is 10.2. The van der Waals surface area contributed by atoms with E-state index >= 15 is 0 Å². The van der Waals surface area contributed by atoms with Crippen molar-refractivity contribution in [2.75, 3.05) is 23.7 Å². The van der Waals surface area contributed by atoms with Crippen LogP contribution in [0.25, 0.3) is 11.3 Å². The molecule has 1 fully saturated rings. The highest BCUT2D eigenvalue weighted by molar-refractivity contribution is 6.03. The molecule has 132 valence electrons. The first-order valence-corrected chi connectivity index (χ1v) is 7.38. The number of nitrogen functional groups attached to an aromatic ring is 1. The molecule has 0 spiro atoms. The molecule has 25 heavy (non-hydrogen) atoms. The fraction of sp³-hybridized carbons (Fsp3) is 0.286. The van der Waals surface area contributed by atoms with Crippen molar-refractivity contribution in [2.24, 2.45) is 16.5 Å². The lowest BCUT2D eigenvalue weighted by Crippen LogP contribution is -2.25. The van der Waals surface area contributed by atoms with Gasteiger partial charge in [0.2, 0.25) is 0 Å². The molecule has 11 heteroatoms. The summed E-state index contributed by atoms with van der Waals surface area (Å²) < 4.78 is 0. The predicted molar refractivity (Wildman–Crippen MR) is 96.3 cm³/mol. The minimum absolute atomic E-state index is 0. The second kappa shape index (κ2) is 7.71. The Kier molecular flexibility index (Phi) is 5.65. The van der Waals surface area contributed by atoms with E-state index in [1.807, 2.05) is 0 Å². The van der Waals surface area contributed by atoms with Gasteiger partial charge in [-0.25, -0.2) is 19.9 Å². The second-order valence-corrected chi connectivity index (χ2v) is 5.29. The van der Waals surface area contributed by atoms with Gasteiger partial charge in [-0.05, 0) is 12.8 Å². The van der Waals surface area contributed by atoms with Gasteiger partial charge in [-0.3, -0.25) is 4.79 Å². The summed E-state index contributed by atoms with van der Waals surface area (Å²) in [6.07, 6.45) is 6.72. The number of aliphatic imine (C=N–C) groups is 1. The van der Waals surface area contributed by atoms with Crippen LogP contribution in [0.5, 0.6) is 0 Å². The Morgan fingerprint density at radius 3 is 2.36 bits per heavy atom. The van der Waals surface area contributed by atoms with E-state index in [1.54, 1.807) is 12.4 Å². The van der Waals surface area contributed by atoms with Crippen molar-refractivity contribution >= 4 is 35.9 Å². The van der Waals surface area contributed by atoms with Crippen LogP contribution in [0.3, 0.4) is 0 Å². The summed E-state index contributed by atoms with van der Waals surface area (Å²) in [5, 5.41) is 0. The first-order chi connectivity index (χ1) is 11.6. The maximum atomic E-state index is 12.1. The van der Waals surface area contributed by atoms with Crippen molar-refractivity contribution in [1.29, 1.82) is 0 Å². The van der Waals surface area contributed by atoms with E-state index in [0.717, 1.165) is 25.9 Å². The fourth-order valence-corrected chi connectivity index (χ4v) is 2.53. The number of hydrogen-bond donors (Lipinski definition) is 3. The van der Waals surface area contributed by atoms with Gasteiger partial charge in [0.05, 0.1) is 0 Å². The van der Waals surface area contributed by atoms with Crippen molar-refractivity contribution in [3.63, 3.8) is 0 Å². The van der Waals surface area contributed by atoms with Gasteiger partial charge in [0.15, 0.2) is 23.3 Å². The number of carbonyl (C=O) groups excluding carboxylic acids is 1. The normalized spacial score (nSPS) is 13.2. The van der Waals surface area contributed by atoms with Crippen molar-refractivity contribution in [1.82, 2.24) is 19.9 Å². The number of nitrogens with two attached hydrogens (primary N) is 3. The van der Waals surface area contributed by atoms with Gasteiger partial charge in [-0.2, -0.15) is 4.99 Å². The molecule has 1 aliphatic heterocycles. The van der Waals surface area contributed by atoms with Crippen LogP contribution in [-0.2, 0) is 0 Å². The number of rotatable bonds is 3. The smallest absolute Gasteiger partial charge is 0.302 e. The maximum Gasteiger partial charge on any atom is 0.302 e. The molecule has 0 atom stereocenters. The molecule has 0 bridgehead atoms. The second-order valence-electron chi connectivity index (χ2n) is 5.29. The summed E-state index contributed by atoms with van der Waals surface area (Å²) in [5.41, 5.74) is 17.4. The van der Waals surface area contributed by atoms with E-state index in [2.05, 4.69) is 29.8 Å². The molecule has 0 aromatic carbocycles. The molecule has 3 rings (SSSR count). The fourth-order valence-electron chi connectivity index (χ4n) is 2.53. The summed E-state index contributed by atoms with van der Waals surface area (Å²) in [7, 11) is 0. The monoisotopic (exact) mass is 363 g/mol. The highest BCUT2D eigenvalue weighted by Crippen LogP contribution is 2.30. The number of amides is 1. The number of anilines is 2. The number of carbonyl (C=O) groups is 1. The zero-order valence-electron chi connectivity index (χ0n) is 13.3. The summed E-state index contributed by atoms with van der Waals surface area (Å²) in [4.78, 5) is 34.4. The Balaban J connectivity index is 0.00000225. The highest BCUT2D eigenvalue weighted by atomic mass is 35.5. The average Bonchev–Trinajstić information content (AvgIpc) is 3.09. The Morgan fingerprint density at radius 1 is 1.12 bits per heavy atom. The number of hydrogen-bond acceptors (Lipinski definition) is 7. The summed E-state index contributed by atoms with van der Waals surface area (Å²) in [6, 6.07) is 0. The van der Waals surface area contributed by atoms with Gasteiger partial charge < -0.3 is 22.1 Å². The summed E-state index contributed by atoms with van der Waals surface area (Å²) >= 11 is 0. The molecule has 0 aliphatic carbocycles.